The number of fused-ring (bicyclic) bond motifs is 3. The van der Waals surface area contributed by atoms with Gasteiger partial charge in [-0.2, -0.15) is 0 Å². The maximum atomic E-state index is 2.55. The van der Waals surface area contributed by atoms with Gasteiger partial charge < -0.3 is 4.57 Å². The van der Waals surface area contributed by atoms with Crippen molar-refractivity contribution in [3.05, 3.63) is 23.0 Å². The molecule has 0 saturated heterocycles. The average molecular weight is 190 g/mol. The third-order valence-corrected chi connectivity index (χ3v) is 3.49. The van der Waals surface area contributed by atoms with Crippen LogP contribution in [0.15, 0.2) is 6.07 Å². The van der Waals surface area contributed by atoms with Gasteiger partial charge in [-0.1, -0.05) is 13.8 Å². The Hall–Kier alpha value is -0.760. The van der Waals surface area contributed by atoms with E-state index in [4.69, 9.17) is 0 Å². The molecule has 2 aliphatic heterocycles. The molecule has 0 radical (unpaired) electrons. The second kappa shape index (κ2) is 2.43. The van der Waals surface area contributed by atoms with Crippen LogP contribution in [-0.4, -0.2) is 16.5 Å². The molecule has 0 bridgehead atoms. The highest BCUT2D eigenvalue weighted by Gasteiger charge is 2.33. The number of aromatic nitrogens is 1. The largest absolute Gasteiger partial charge is 0.347 e. The van der Waals surface area contributed by atoms with E-state index < -0.39 is 0 Å². The Kier molecular flexibility index (Phi) is 1.48. The van der Waals surface area contributed by atoms with E-state index in [9.17, 15) is 0 Å². The van der Waals surface area contributed by atoms with Crippen LogP contribution < -0.4 is 0 Å². The highest BCUT2D eigenvalue weighted by Crippen LogP contribution is 2.37. The van der Waals surface area contributed by atoms with Gasteiger partial charge in [-0.25, -0.2) is 0 Å². The van der Waals surface area contributed by atoms with Crippen molar-refractivity contribution < 1.29 is 0 Å². The maximum absolute atomic E-state index is 2.55. The normalized spacial score (nSPS) is 23.9. The fourth-order valence-corrected chi connectivity index (χ4v) is 2.95. The molecule has 14 heavy (non-hydrogen) atoms. The van der Waals surface area contributed by atoms with Crippen molar-refractivity contribution in [3.8, 4) is 0 Å². The van der Waals surface area contributed by atoms with E-state index in [-0.39, 0.29) is 0 Å². The van der Waals surface area contributed by atoms with Gasteiger partial charge in [-0.15, -0.1) is 0 Å². The number of hydrogen-bond donors (Lipinski definition) is 0. The molecule has 3 heterocycles. The molecular formula is C12H18N2. The summed E-state index contributed by atoms with van der Waals surface area (Å²) in [6.45, 7) is 8.24. The summed E-state index contributed by atoms with van der Waals surface area (Å²) in [6.07, 6.45) is 1.25. The summed E-state index contributed by atoms with van der Waals surface area (Å²) >= 11 is 0. The molecule has 76 valence electrons. The van der Waals surface area contributed by atoms with Crippen molar-refractivity contribution in [1.29, 1.82) is 0 Å². The van der Waals surface area contributed by atoms with Crippen LogP contribution in [0.5, 0.6) is 0 Å². The summed E-state index contributed by atoms with van der Waals surface area (Å²) in [5.74, 6) is 0. The van der Waals surface area contributed by atoms with Crippen LogP contribution in [0.4, 0.5) is 0 Å². The van der Waals surface area contributed by atoms with E-state index in [0.717, 1.165) is 13.1 Å². The molecule has 0 N–H and O–H groups in total. The minimum atomic E-state index is 0.478. The van der Waals surface area contributed by atoms with Crippen LogP contribution in [0.25, 0.3) is 0 Å². The third-order valence-electron chi connectivity index (χ3n) is 3.49. The molecule has 0 aliphatic carbocycles. The highest BCUT2D eigenvalue weighted by molar-refractivity contribution is 5.33. The molecule has 0 atom stereocenters. The standard InChI is InChI=1S/C12H18N2/c1-12(2)5-10-4-9-6-13(3)7-11(9)14(10)8-12/h4H,5-8H2,1-3H3. The first-order valence-electron chi connectivity index (χ1n) is 5.44. The van der Waals surface area contributed by atoms with Gasteiger partial charge in [-0.05, 0) is 30.5 Å². The minimum Gasteiger partial charge on any atom is -0.347 e. The zero-order valence-electron chi connectivity index (χ0n) is 9.30. The highest BCUT2D eigenvalue weighted by atomic mass is 15.2. The second-order valence-corrected chi connectivity index (χ2v) is 5.71. The van der Waals surface area contributed by atoms with Crippen LogP contribution >= 0.6 is 0 Å². The number of hydrogen-bond acceptors (Lipinski definition) is 1. The topological polar surface area (TPSA) is 8.17 Å². The Morgan fingerprint density at radius 1 is 1.29 bits per heavy atom. The van der Waals surface area contributed by atoms with Crippen LogP contribution in [0.1, 0.15) is 30.8 Å². The Morgan fingerprint density at radius 3 is 2.86 bits per heavy atom. The van der Waals surface area contributed by atoms with Crippen LogP contribution in [0, 0.1) is 5.41 Å². The van der Waals surface area contributed by atoms with Crippen molar-refractivity contribution in [3.63, 3.8) is 0 Å². The van der Waals surface area contributed by atoms with Crippen LogP contribution in [-0.2, 0) is 26.1 Å². The van der Waals surface area contributed by atoms with Crippen LogP contribution in [0.2, 0.25) is 0 Å². The lowest BCUT2D eigenvalue weighted by Gasteiger charge is -2.16. The Morgan fingerprint density at radius 2 is 2.07 bits per heavy atom. The summed E-state index contributed by atoms with van der Waals surface area (Å²) in [7, 11) is 2.20. The molecule has 1 aromatic rings. The molecule has 2 nitrogen and oxygen atoms in total. The summed E-state index contributed by atoms with van der Waals surface area (Å²) in [5, 5.41) is 0. The van der Waals surface area contributed by atoms with Gasteiger partial charge in [0.25, 0.3) is 0 Å². The monoisotopic (exact) mass is 190 g/mol. The lowest BCUT2D eigenvalue weighted by atomic mass is 9.91. The Bertz CT molecular complexity index is 387. The molecule has 0 aromatic carbocycles. The first-order chi connectivity index (χ1) is 6.55. The predicted molar refractivity (Wildman–Crippen MR) is 57.1 cm³/mol. The minimum absolute atomic E-state index is 0.478. The predicted octanol–water partition coefficient (Wildman–Crippen LogP) is 2.02. The van der Waals surface area contributed by atoms with Crippen molar-refractivity contribution >= 4 is 0 Å². The quantitative estimate of drug-likeness (QED) is 0.607. The fourth-order valence-electron chi connectivity index (χ4n) is 2.95. The van der Waals surface area contributed by atoms with Gasteiger partial charge in [0.2, 0.25) is 0 Å². The molecule has 2 heteroatoms. The third kappa shape index (κ3) is 1.07. The number of nitrogens with zero attached hydrogens (tertiary/aromatic N) is 2. The van der Waals surface area contributed by atoms with Crippen molar-refractivity contribution in [2.24, 2.45) is 5.41 Å². The van der Waals surface area contributed by atoms with Crippen molar-refractivity contribution in [2.75, 3.05) is 7.05 Å². The summed E-state index contributed by atoms with van der Waals surface area (Å²) in [5.41, 5.74) is 5.19. The van der Waals surface area contributed by atoms with E-state index in [1.165, 1.54) is 13.0 Å². The second-order valence-electron chi connectivity index (χ2n) is 5.71. The number of rotatable bonds is 0. The molecule has 3 rings (SSSR count). The summed E-state index contributed by atoms with van der Waals surface area (Å²) < 4.78 is 2.55. The van der Waals surface area contributed by atoms with Gasteiger partial charge >= 0.3 is 0 Å². The van der Waals surface area contributed by atoms with E-state index in [1.807, 2.05) is 0 Å². The fraction of sp³-hybridized carbons (Fsp3) is 0.667. The van der Waals surface area contributed by atoms with Gasteiger partial charge in [-0.3, -0.25) is 4.90 Å². The van der Waals surface area contributed by atoms with E-state index >= 15 is 0 Å². The molecule has 0 unspecified atom stereocenters. The van der Waals surface area contributed by atoms with Gasteiger partial charge in [0.15, 0.2) is 0 Å². The average Bonchev–Trinajstić information content (AvgIpc) is 2.58. The molecule has 1 aromatic heterocycles. The van der Waals surface area contributed by atoms with Gasteiger partial charge in [0.05, 0.1) is 0 Å². The Balaban J connectivity index is 2.03. The zero-order valence-corrected chi connectivity index (χ0v) is 9.30. The van der Waals surface area contributed by atoms with Crippen molar-refractivity contribution in [1.82, 2.24) is 9.47 Å². The maximum Gasteiger partial charge on any atom is 0.0391 e. The van der Waals surface area contributed by atoms with Crippen LogP contribution in [0.3, 0.4) is 0 Å². The zero-order chi connectivity index (χ0) is 9.92. The van der Waals surface area contributed by atoms with Gasteiger partial charge in [0.1, 0.15) is 0 Å². The molecule has 0 saturated carbocycles. The molecule has 2 aliphatic rings. The summed E-state index contributed by atoms with van der Waals surface area (Å²) in [6, 6.07) is 2.42. The molecule has 0 amide bonds. The van der Waals surface area contributed by atoms with Crippen molar-refractivity contribution in [2.45, 2.75) is 39.9 Å². The first kappa shape index (κ1) is 8.54. The van der Waals surface area contributed by atoms with E-state index in [1.54, 1.807) is 17.0 Å². The van der Waals surface area contributed by atoms with E-state index in [0.29, 0.717) is 5.41 Å². The SMILES string of the molecule is CN1Cc2cc3n(c2C1)CC(C)(C)C3. The molecular weight excluding hydrogens is 172 g/mol. The lowest BCUT2D eigenvalue weighted by Crippen LogP contribution is -2.14. The lowest BCUT2D eigenvalue weighted by molar-refractivity contribution is 0.333. The smallest absolute Gasteiger partial charge is 0.0391 e. The Labute approximate surface area is 85.5 Å². The molecule has 0 fully saturated rings. The van der Waals surface area contributed by atoms with Gasteiger partial charge in [0, 0.05) is 31.0 Å². The molecule has 0 spiro atoms. The van der Waals surface area contributed by atoms with E-state index in [2.05, 4.69) is 36.4 Å². The first-order valence-corrected chi connectivity index (χ1v) is 5.44. The summed E-state index contributed by atoms with van der Waals surface area (Å²) in [4.78, 5) is 2.39.